The highest BCUT2D eigenvalue weighted by atomic mass is 16.2. The van der Waals surface area contributed by atoms with Gasteiger partial charge in [0.05, 0.1) is 5.54 Å². The number of nitrogens with one attached hydrogen (secondary N) is 2. The van der Waals surface area contributed by atoms with Gasteiger partial charge in [-0.2, -0.15) is 0 Å². The maximum absolute atomic E-state index is 12.2. The van der Waals surface area contributed by atoms with Crippen LogP contribution in [0.25, 0.3) is 0 Å². The molecule has 1 aliphatic carbocycles. The lowest BCUT2D eigenvalue weighted by Gasteiger charge is -2.23. The van der Waals surface area contributed by atoms with Crippen LogP contribution >= 0.6 is 0 Å². The number of carbonyl (C=O) groups is 2. The molecule has 0 aromatic heterocycles. The van der Waals surface area contributed by atoms with E-state index in [-0.39, 0.29) is 17.9 Å². The van der Waals surface area contributed by atoms with E-state index in [1.54, 1.807) is 24.0 Å². The Balaban J connectivity index is 1.67. The van der Waals surface area contributed by atoms with E-state index in [1.165, 1.54) is 0 Å². The summed E-state index contributed by atoms with van der Waals surface area (Å²) in [6, 6.07) is 7.15. The number of urea groups is 1. The molecule has 6 heteroatoms. The maximum atomic E-state index is 12.2. The summed E-state index contributed by atoms with van der Waals surface area (Å²) in [5.41, 5.74) is 6.79. The van der Waals surface area contributed by atoms with Gasteiger partial charge in [0.2, 0.25) is 5.91 Å². The van der Waals surface area contributed by atoms with Gasteiger partial charge in [0.1, 0.15) is 0 Å². The molecule has 21 heavy (non-hydrogen) atoms. The average Bonchev–Trinajstić information content (AvgIpc) is 3.23. The van der Waals surface area contributed by atoms with E-state index in [0.29, 0.717) is 18.8 Å². The van der Waals surface area contributed by atoms with E-state index >= 15 is 0 Å². The van der Waals surface area contributed by atoms with Crippen LogP contribution in [0.1, 0.15) is 19.8 Å². The summed E-state index contributed by atoms with van der Waals surface area (Å²) in [5.74, 6) is 0.127. The van der Waals surface area contributed by atoms with Crippen molar-refractivity contribution >= 4 is 23.3 Å². The Morgan fingerprint density at radius 1 is 1.38 bits per heavy atom. The highest BCUT2D eigenvalue weighted by Gasteiger charge is 2.44. The number of benzene rings is 1. The zero-order valence-electron chi connectivity index (χ0n) is 12.1. The van der Waals surface area contributed by atoms with Gasteiger partial charge in [-0.15, -0.1) is 0 Å². The Labute approximate surface area is 123 Å². The van der Waals surface area contributed by atoms with E-state index in [4.69, 9.17) is 5.73 Å². The molecule has 0 radical (unpaired) electrons. The van der Waals surface area contributed by atoms with Crippen LogP contribution in [0.15, 0.2) is 24.3 Å². The zero-order valence-corrected chi connectivity index (χ0v) is 12.1. The second-order valence-electron chi connectivity index (χ2n) is 5.94. The van der Waals surface area contributed by atoms with Crippen LogP contribution in [-0.2, 0) is 4.79 Å². The largest absolute Gasteiger partial charge is 0.336 e. The standard InChI is InChI=1S/C15H20N4O2/c1-15(16,10-2-3-10)13(20)18-11-4-6-12(7-5-11)19-9-8-17-14(19)21/h4-7,10H,2-3,8-9,16H2,1H3,(H,17,21)(H,18,20). The minimum Gasteiger partial charge on any atom is -0.336 e. The van der Waals surface area contributed by atoms with Crippen molar-refractivity contribution in [3.8, 4) is 0 Å². The highest BCUT2D eigenvalue weighted by Crippen LogP contribution is 2.38. The minimum absolute atomic E-state index is 0.0879. The average molecular weight is 288 g/mol. The van der Waals surface area contributed by atoms with Crippen molar-refractivity contribution in [2.24, 2.45) is 11.7 Å². The Hall–Kier alpha value is -2.08. The third-order valence-corrected chi connectivity index (χ3v) is 4.21. The molecule has 112 valence electrons. The Morgan fingerprint density at radius 3 is 2.57 bits per heavy atom. The second kappa shape index (κ2) is 5.04. The lowest BCUT2D eigenvalue weighted by molar-refractivity contribution is -0.121. The fraction of sp³-hybridized carbons (Fsp3) is 0.467. The number of nitrogens with two attached hydrogens (primary N) is 1. The van der Waals surface area contributed by atoms with Crippen molar-refractivity contribution in [1.82, 2.24) is 5.32 Å². The molecule has 1 saturated carbocycles. The van der Waals surface area contributed by atoms with Crippen molar-refractivity contribution in [3.05, 3.63) is 24.3 Å². The van der Waals surface area contributed by atoms with Gasteiger partial charge in [0.25, 0.3) is 0 Å². The summed E-state index contributed by atoms with van der Waals surface area (Å²) >= 11 is 0. The molecular weight excluding hydrogens is 268 g/mol. The molecule has 1 aromatic carbocycles. The van der Waals surface area contributed by atoms with E-state index < -0.39 is 5.54 Å². The Morgan fingerprint density at radius 2 is 2.05 bits per heavy atom. The van der Waals surface area contributed by atoms with Crippen LogP contribution in [-0.4, -0.2) is 30.6 Å². The second-order valence-corrected chi connectivity index (χ2v) is 5.94. The summed E-state index contributed by atoms with van der Waals surface area (Å²) in [7, 11) is 0. The Kier molecular flexibility index (Phi) is 3.33. The van der Waals surface area contributed by atoms with Crippen LogP contribution in [0.3, 0.4) is 0 Å². The fourth-order valence-electron chi connectivity index (χ4n) is 2.58. The molecule has 1 saturated heterocycles. The normalized spacial score (nSPS) is 20.9. The van der Waals surface area contributed by atoms with Crippen molar-refractivity contribution in [1.29, 1.82) is 0 Å². The molecular formula is C15H20N4O2. The predicted octanol–water partition coefficient (Wildman–Crippen LogP) is 1.28. The molecule has 4 N–H and O–H groups in total. The number of hydrogen-bond donors (Lipinski definition) is 3. The third kappa shape index (κ3) is 2.71. The molecule has 1 aromatic rings. The molecule has 1 aliphatic heterocycles. The number of amides is 3. The fourth-order valence-corrected chi connectivity index (χ4v) is 2.58. The molecule has 2 fully saturated rings. The number of rotatable bonds is 4. The van der Waals surface area contributed by atoms with E-state index in [9.17, 15) is 9.59 Å². The van der Waals surface area contributed by atoms with Crippen molar-refractivity contribution < 1.29 is 9.59 Å². The van der Waals surface area contributed by atoms with Crippen LogP contribution in [0.4, 0.5) is 16.2 Å². The van der Waals surface area contributed by atoms with Gasteiger partial charge in [-0.1, -0.05) is 0 Å². The quantitative estimate of drug-likeness (QED) is 0.780. The summed E-state index contributed by atoms with van der Waals surface area (Å²) in [6.45, 7) is 3.10. The van der Waals surface area contributed by atoms with Gasteiger partial charge in [-0.3, -0.25) is 9.69 Å². The van der Waals surface area contributed by atoms with E-state index in [0.717, 1.165) is 18.5 Å². The highest BCUT2D eigenvalue weighted by molar-refractivity contribution is 5.99. The number of anilines is 2. The number of carbonyl (C=O) groups excluding carboxylic acids is 2. The van der Waals surface area contributed by atoms with Crippen LogP contribution in [0.2, 0.25) is 0 Å². The lowest BCUT2D eigenvalue weighted by atomic mass is 9.96. The van der Waals surface area contributed by atoms with Gasteiger partial charge >= 0.3 is 6.03 Å². The first-order chi connectivity index (χ1) is 9.98. The zero-order chi connectivity index (χ0) is 15.0. The molecule has 0 spiro atoms. The monoisotopic (exact) mass is 288 g/mol. The lowest BCUT2D eigenvalue weighted by Crippen LogP contribution is -2.50. The number of hydrogen-bond acceptors (Lipinski definition) is 3. The minimum atomic E-state index is -0.812. The Bertz CT molecular complexity index is 564. The summed E-state index contributed by atoms with van der Waals surface area (Å²) in [5, 5.41) is 5.60. The van der Waals surface area contributed by atoms with Gasteiger partial charge < -0.3 is 16.4 Å². The van der Waals surface area contributed by atoms with Gasteiger partial charge in [-0.25, -0.2) is 4.79 Å². The first kappa shape index (κ1) is 13.9. The van der Waals surface area contributed by atoms with Gasteiger partial charge in [-0.05, 0) is 49.9 Å². The molecule has 3 rings (SSSR count). The smallest absolute Gasteiger partial charge is 0.321 e. The molecule has 1 heterocycles. The predicted molar refractivity (Wildman–Crippen MR) is 81.1 cm³/mol. The first-order valence-corrected chi connectivity index (χ1v) is 7.24. The van der Waals surface area contributed by atoms with Crippen LogP contribution in [0.5, 0.6) is 0 Å². The summed E-state index contributed by atoms with van der Waals surface area (Å²) < 4.78 is 0. The molecule has 1 unspecified atom stereocenters. The summed E-state index contributed by atoms with van der Waals surface area (Å²) in [4.78, 5) is 25.4. The third-order valence-electron chi connectivity index (χ3n) is 4.21. The summed E-state index contributed by atoms with van der Waals surface area (Å²) in [6.07, 6.45) is 2.03. The van der Waals surface area contributed by atoms with Gasteiger partial charge in [0, 0.05) is 24.5 Å². The topological polar surface area (TPSA) is 87.5 Å². The molecule has 1 atom stereocenters. The van der Waals surface area contributed by atoms with Crippen LogP contribution in [0, 0.1) is 5.92 Å². The molecule has 3 amide bonds. The molecule has 6 nitrogen and oxygen atoms in total. The SMILES string of the molecule is CC(N)(C(=O)Nc1ccc(N2CCNC2=O)cc1)C1CC1. The molecule has 2 aliphatic rings. The molecule has 0 bridgehead atoms. The first-order valence-electron chi connectivity index (χ1n) is 7.24. The van der Waals surface area contributed by atoms with Crippen molar-refractivity contribution in [3.63, 3.8) is 0 Å². The van der Waals surface area contributed by atoms with E-state index in [1.807, 2.05) is 12.1 Å². The van der Waals surface area contributed by atoms with E-state index in [2.05, 4.69) is 10.6 Å². The van der Waals surface area contributed by atoms with Crippen molar-refractivity contribution in [2.45, 2.75) is 25.3 Å². The van der Waals surface area contributed by atoms with Crippen molar-refractivity contribution in [2.75, 3.05) is 23.3 Å². The maximum Gasteiger partial charge on any atom is 0.321 e. The number of nitrogens with zero attached hydrogens (tertiary/aromatic N) is 1. The van der Waals surface area contributed by atoms with Gasteiger partial charge in [0.15, 0.2) is 0 Å². The van der Waals surface area contributed by atoms with Crippen LogP contribution < -0.4 is 21.3 Å².